The van der Waals surface area contributed by atoms with E-state index < -0.39 is 6.10 Å². The van der Waals surface area contributed by atoms with Gasteiger partial charge in [0.1, 0.15) is 0 Å². The number of nitrogens with zero attached hydrogens (tertiary/aromatic N) is 1. The number of rotatable bonds is 7. The number of hydrogen-bond acceptors (Lipinski definition) is 4. The second kappa shape index (κ2) is 7.89. The summed E-state index contributed by atoms with van der Waals surface area (Å²) in [6.07, 6.45) is -0.581. The molecular formula is C14H22N2O3. The number of anilines is 1. The number of benzene rings is 1. The number of nitrogens with one attached hydrogen (secondary N) is 1. The van der Waals surface area contributed by atoms with E-state index in [0.717, 1.165) is 11.3 Å². The van der Waals surface area contributed by atoms with Gasteiger partial charge in [0.25, 0.3) is 0 Å². The molecule has 106 valence electrons. The van der Waals surface area contributed by atoms with Crippen LogP contribution < -0.4 is 5.32 Å². The van der Waals surface area contributed by atoms with Crippen molar-refractivity contribution in [2.45, 2.75) is 13.0 Å². The number of aliphatic hydroxyl groups excluding tert-OH is 1. The Bertz CT molecular complexity index is 392. The van der Waals surface area contributed by atoms with E-state index in [4.69, 9.17) is 4.74 Å². The quantitative estimate of drug-likeness (QED) is 0.769. The summed E-state index contributed by atoms with van der Waals surface area (Å²) < 4.78 is 4.84. The lowest BCUT2D eigenvalue weighted by molar-refractivity contribution is -0.117. The molecule has 0 radical (unpaired) electrons. The predicted molar refractivity (Wildman–Crippen MR) is 75.2 cm³/mol. The highest BCUT2D eigenvalue weighted by Gasteiger charge is 2.11. The third kappa shape index (κ3) is 6.33. The molecule has 0 fully saturated rings. The van der Waals surface area contributed by atoms with Crippen LogP contribution in [0.15, 0.2) is 24.3 Å². The molecule has 0 aliphatic heterocycles. The van der Waals surface area contributed by atoms with Crippen molar-refractivity contribution in [3.8, 4) is 0 Å². The molecular weight excluding hydrogens is 244 g/mol. The molecule has 0 saturated carbocycles. The van der Waals surface area contributed by atoms with Crippen LogP contribution >= 0.6 is 0 Å². The summed E-state index contributed by atoms with van der Waals surface area (Å²) in [6, 6.07) is 7.63. The van der Waals surface area contributed by atoms with Gasteiger partial charge in [0.2, 0.25) is 5.91 Å². The van der Waals surface area contributed by atoms with Crippen LogP contribution in [0.2, 0.25) is 0 Å². The fourth-order valence-electron chi connectivity index (χ4n) is 1.75. The molecule has 19 heavy (non-hydrogen) atoms. The van der Waals surface area contributed by atoms with Gasteiger partial charge >= 0.3 is 0 Å². The Morgan fingerprint density at radius 1 is 1.42 bits per heavy atom. The van der Waals surface area contributed by atoms with Crippen molar-refractivity contribution in [2.75, 3.05) is 39.2 Å². The van der Waals surface area contributed by atoms with E-state index in [1.54, 1.807) is 11.9 Å². The van der Waals surface area contributed by atoms with Crippen molar-refractivity contribution < 1.29 is 14.6 Å². The van der Waals surface area contributed by atoms with E-state index in [9.17, 15) is 9.90 Å². The third-order valence-electron chi connectivity index (χ3n) is 2.63. The molecule has 5 heteroatoms. The molecule has 0 aliphatic rings. The Morgan fingerprint density at radius 2 is 2.05 bits per heavy atom. The SMILES string of the molecule is COCC(O)CN(C)CC(=O)Nc1ccc(C)cc1. The smallest absolute Gasteiger partial charge is 0.238 e. The number of hydrogen-bond donors (Lipinski definition) is 2. The second-order valence-corrected chi connectivity index (χ2v) is 4.72. The summed E-state index contributed by atoms with van der Waals surface area (Å²) in [5.74, 6) is -0.101. The minimum absolute atomic E-state index is 0.101. The summed E-state index contributed by atoms with van der Waals surface area (Å²) in [6.45, 7) is 2.89. The van der Waals surface area contributed by atoms with Gasteiger partial charge in [0.05, 0.1) is 19.3 Å². The molecule has 1 amide bonds. The highest BCUT2D eigenvalue weighted by atomic mass is 16.5. The number of carbonyl (C=O) groups is 1. The Labute approximate surface area is 114 Å². The van der Waals surface area contributed by atoms with E-state index >= 15 is 0 Å². The third-order valence-corrected chi connectivity index (χ3v) is 2.63. The number of ether oxygens (including phenoxy) is 1. The molecule has 0 heterocycles. The second-order valence-electron chi connectivity index (χ2n) is 4.72. The molecule has 1 aromatic rings. The molecule has 0 aliphatic carbocycles. The van der Waals surface area contributed by atoms with E-state index in [2.05, 4.69) is 5.32 Å². The average Bonchev–Trinajstić information content (AvgIpc) is 2.32. The minimum Gasteiger partial charge on any atom is -0.389 e. The van der Waals surface area contributed by atoms with Gasteiger partial charge in [-0.15, -0.1) is 0 Å². The minimum atomic E-state index is -0.581. The Balaban J connectivity index is 2.36. The zero-order chi connectivity index (χ0) is 14.3. The van der Waals surface area contributed by atoms with Crippen LogP contribution in [0, 0.1) is 6.92 Å². The lowest BCUT2D eigenvalue weighted by atomic mass is 10.2. The van der Waals surface area contributed by atoms with Crippen molar-refractivity contribution >= 4 is 11.6 Å². The van der Waals surface area contributed by atoms with E-state index in [-0.39, 0.29) is 19.1 Å². The average molecular weight is 266 g/mol. The van der Waals surface area contributed by atoms with Gasteiger partial charge in [-0.3, -0.25) is 9.69 Å². The first-order chi connectivity index (χ1) is 9.01. The molecule has 5 nitrogen and oxygen atoms in total. The van der Waals surface area contributed by atoms with Gasteiger partial charge in [-0.1, -0.05) is 17.7 Å². The normalized spacial score (nSPS) is 12.5. The van der Waals surface area contributed by atoms with Crippen molar-refractivity contribution in [1.82, 2.24) is 4.90 Å². The van der Waals surface area contributed by atoms with E-state index in [0.29, 0.717) is 6.54 Å². The summed E-state index contributed by atoms with van der Waals surface area (Å²) in [5.41, 5.74) is 1.93. The molecule has 1 rings (SSSR count). The van der Waals surface area contributed by atoms with Crippen LogP contribution in [0.5, 0.6) is 0 Å². The first-order valence-corrected chi connectivity index (χ1v) is 6.23. The molecule has 1 atom stereocenters. The molecule has 0 saturated heterocycles. The maximum atomic E-state index is 11.8. The first kappa shape index (κ1) is 15.6. The molecule has 0 spiro atoms. The number of carbonyl (C=O) groups excluding carboxylic acids is 1. The maximum absolute atomic E-state index is 11.8. The largest absolute Gasteiger partial charge is 0.389 e. The Hall–Kier alpha value is -1.43. The van der Waals surface area contributed by atoms with Crippen LogP contribution in [-0.2, 0) is 9.53 Å². The van der Waals surface area contributed by atoms with Crippen LogP contribution in [0.4, 0.5) is 5.69 Å². The summed E-state index contributed by atoms with van der Waals surface area (Å²) >= 11 is 0. The van der Waals surface area contributed by atoms with Crippen LogP contribution in [-0.4, -0.2) is 55.9 Å². The lowest BCUT2D eigenvalue weighted by Crippen LogP contribution is -2.37. The number of aliphatic hydroxyl groups is 1. The Kier molecular flexibility index (Phi) is 6.49. The van der Waals surface area contributed by atoms with Crippen LogP contribution in [0.1, 0.15) is 5.56 Å². The topological polar surface area (TPSA) is 61.8 Å². The standard InChI is InChI=1S/C14H22N2O3/c1-11-4-6-12(7-5-11)15-14(18)9-16(2)8-13(17)10-19-3/h4-7,13,17H,8-10H2,1-3H3,(H,15,18). The molecule has 2 N–H and O–H groups in total. The summed E-state index contributed by atoms with van der Waals surface area (Å²) in [4.78, 5) is 13.5. The molecule has 1 unspecified atom stereocenters. The van der Waals surface area contributed by atoms with E-state index in [1.165, 1.54) is 7.11 Å². The lowest BCUT2D eigenvalue weighted by Gasteiger charge is -2.19. The number of amides is 1. The van der Waals surface area contributed by atoms with Gasteiger partial charge in [0.15, 0.2) is 0 Å². The van der Waals surface area contributed by atoms with E-state index in [1.807, 2.05) is 31.2 Å². The molecule has 1 aromatic carbocycles. The molecule has 0 aromatic heterocycles. The van der Waals surface area contributed by atoms with Crippen molar-refractivity contribution in [3.63, 3.8) is 0 Å². The fraction of sp³-hybridized carbons (Fsp3) is 0.500. The number of likely N-dealkylation sites (N-methyl/N-ethyl adjacent to an activating group) is 1. The van der Waals surface area contributed by atoms with Crippen LogP contribution in [0.25, 0.3) is 0 Å². The van der Waals surface area contributed by atoms with Gasteiger partial charge < -0.3 is 15.2 Å². The van der Waals surface area contributed by atoms with Crippen LogP contribution in [0.3, 0.4) is 0 Å². The zero-order valence-corrected chi connectivity index (χ0v) is 11.7. The van der Waals surface area contributed by atoms with Crippen molar-refractivity contribution in [3.05, 3.63) is 29.8 Å². The van der Waals surface area contributed by atoms with Gasteiger partial charge in [-0.25, -0.2) is 0 Å². The van der Waals surface area contributed by atoms with Crippen molar-refractivity contribution in [2.24, 2.45) is 0 Å². The van der Waals surface area contributed by atoms with Gasteiger partial charge in [0, 0.05) is 19.3 Å². The number of methoxy groups -OCH3 is 1. The predicted octanol–water partition coefficient (Wildman–Crippen LogP) is 0.873. The number of aryl methyl sites for hydroxylation is 1. The highest BCUT2D eigenvalue weighted by molar-refractivity contribution is 5.92. The van der Waals surface area contributed by atoms with Gasteiger partial charge in [-0.2, -0.15) is 0 Å². The van der Waals surface area contributed by atoms with Crippen molar-refractivity contribution in [1.29, 1.82) is 0 Å². The summed E-state index contributed by atoms with van der Waals surface area (Å²) in [5, 5.41) is 12.4. The monoisotopic (exact) mass is 266 g/mol. The summed E-state index contributed by atoms with van der Waals surface area (Å²) in [7, 11) is 3.32. The zero-order valence-electron chi connectivity index (χ0n) is 11.7. The van der Waals surface area contributed by atoms with Gasteiger partial charge in [-0.05, 0) is 26.1 Å². The Morgan fingerprint density at radius 3 is 2.63 bits per heavy atom. The maximum Gasteiger partial charge on any atom is 0.238 e. The molecule has 0 bridgehead atoms. The highest BCUT2D eigenvalue weighted by Crippen LogP contribution is 2.08. The first-order valence-electron chi connectivity index (χ1n) is 6.23. The fourth-order valence-corrected chi connectivity index (χ4v) is 1.75.